The summed E-state index contributed by atoms with van der Waals surface area (Å²) in [5.74, 6) is -2.44. The number of carboxylic acid groups (broad SMARTS) is 1. The van der Waals surface area contributed by atoms with Crippen LogP contribution >= 0.6 is 0 Å². The fraction of sp³-hybridized carbons (Fsp3) is 0.529. The standard InChI is InChI=1S/C17H22FNO4/c1-16(2,3)15(22)19-9-5-8-17(23,10-19)12-7-4-6-11(13(12)18)14(20)21/h4,6-7,23H,5,8-10H2,1-3H3,(H,20,21)/t17-/m0/s1. The molecule has 1 aromatic rings. The highest BCUT2D eigenvalue weighted by atomic mass is 19.1. The highest BCUT2D eigenvalue weighted by Crippen LogP contribution is 2.35. The summed E-state index contributed by atoms with van der Waals surface area (Å²) >= 11 is 0. The molecule has 1 saturated heterocycles. The number of likely N-dealkylation sites (tertiary alicyclic amines) is 1. The van der Waals surface area contributed by atoms with Crippen molar-refractivity contribution in [1.29, 1.82) is 0 Å². The number of amides is 1. The number of carboxylic acids is 1. The van der Waals surface area contributed by atoms with E-state index in [4.69, 9.17) is 5.11 Å². The molecule has 0 bridgehead atoms. The lowest BCUT2D eigenvalue weighted by Crippen LogP contribution is -2.51. The first-order valence-corrected chi connectivity index (χ1v) is 7.60. The van der Waals surface area contributed by atoms with Crippen LogP contribution in [-0.2, 0) is 10.4 Å². The minimum Gasteiger partial charge on any atom is -0.478 e. The third-order valence-corrected chi connectivity index (χ3v) is 4.13. The van der Waals surface area contributed by atoms with Crippen LogP contribution in [-0.4, -0.2) is 40.1 Å². The zero-order valence-electron chi connectivity index (χ0n) is 13.6. The molecule has 1 atom stereocenters. The number of halogens is 1. The molecule has 0 saturated carbocycles. The Bertz CT molecular complexity index is 638. The van der Waals surface area contributed by atoms with E-state index in [2.05, 4.69) is 0 Å². The Labute approximate surface area is 134 Å². The first kappa shape index (κ1) is 17.4. The van der Waals surface area contributed by atoms with Gasteiger partial charge in [0.05, 0.1) is 12.1 Å². The summed E-state index contributed by atoms with van der Waals surface area (Å²) in [4.78, 5) is 25.0. The molecule has 1 aliphatic heterocycles. The minimum atomic E-state index is -1.57. The lowest BCUT2D eigenvalue weighted by atomic mass is 9.83. The molecule has 1 fully saturated rings. The fourth-order valence-corrected chi connectivity index (χ4v) is 2.96. The molecule has 1 amide bonds. The second-order valence-electron chi connectivity index (χ2n) is 7.08. The highest BCUT2D eigenvalue weighted by Gasteiger charge is 2.41. The van der Waals surface area contributed by atoms with E-state index < -0.39 is 28.4 Å². The number of piperidine rings is 1. The largest absolute Gasteiger partial charge is 0.478 e. The molecule has 1 aliphatic rings. The van der Waals surface area contributed by atoms with Crippen molar-refractivity contribution in [2.75, 3.05) is 13.1 Å². The Hall–Kier alpha value is -1.95. The van der Waals surface area contributed by atoms with Gasteiger partial charge in [-0.1, -0.05) is 32.9 Å². The maximum absolute atomic E-state index is 14.5. The Kier molecular flexibility index (Phi) is 4.48. The molecule has 126 valence electrons. The van der Waals surface area contributed by atoms with Crippen molar-refractivity contribution < 1.29 is 24.2 Å². The second-order valence-corrected chi connectivity index (χ2v) is 7.08. The van der Waals surface area contributed by atoms with E-state index in [9.17, 15) is 19.1 Å². The lowest BCUT2D eigenvalue weighted by molar-refractivity contribution is -0.147. The Morgan fingerprint density at radius 2 is 1.96 bits per heavy atom. The van der Waals surface area contributed by atoms with Gasteiger partial charge in [-0.2, -0.15) is 0 Å². The zero-order chi connectivity index (χ0) is 17.4. The van der Waals surface area contributed by atoms with Gasteiger partial charge in [0.15, 0.2) is 0 Å². The van der Waals surface area contributed by atoms with E-state index in [0.29, 0.717) is 13.0 Å². The van der Waals surface area contributed by atoms with Gasteiger partial charge in [-0.05, 0) is 18.9 Å². The van der Waals surface area contributed by atoms with Gasteiger partial charge in [0.1, 0.15) is 11.4 Å². The summed E-state index contributed by atoms with van der Waals surface area (Å²) in [6.45, 7) is 5.82. The average Bonchev–Trinajstić information content (AvgIpc) is 2.45. The number of hydrogen-bond acceptors (Lipinski definition) is 3. The second kappa shape index (κ2) is 5.92. The van der Waals surface area contributed by atoms with Crippen LogP contribution < -0.4 is 0 Å². The molecule has 0 aromatic heterocycles. The fourth-order valence-electron chi connectivity index (χ4n) is 2.96. The molecule has 23 heavy (non-hydrogen) atoms. The van der Waals surface area contributed by atoms with Crippen LogP contribution in [0.5, 0.6) is 0 Å². The number of hydrogen-bond donors (Lipinski definition) is 2. The number of rotatable bonds is 2. The van der Waals surface area contributed by atoms with Gasteiger partial charge < -0.3 is 15.1 Å². The van der Waals surface area contributed by atoms with Crippen molar-refractivity contribution in [1.82, 2.24) is 4.90 Å². The maximum atomic E-state index is 14.5. The molecular formula is C17H22FNO4. The summed E-state index contributed by atoms with van der Waals surface area (Å²) in [5, 5.41) is 19.9. The van der Waals surface area contributed by atoms with Crippen LogP contribution in [0.25, 0.3) is 0 Å². The Morgan fingerprint density at radius 1 is 1.30 bits per heavy atom. The summed E-state index contributed by atoms with van der Waals surface area (Å²) < 4.78 is 14.5. The Balaban J connectivity index is 2.37. The van der Waals surface area contributed by atoms with Crippen molar-refractivity contribution >= 4 is 11.9 Å². The van der Waals surface area contributed by atoms with Crippen molar-refractivity contribution in [3.8, 4) is 0 Å². The lowest BCUT2D eigenvalue weighted by Gasteiger charge is -2.41. The molecule has 1 aromatic carbocycles. The van der Waals surface area contributed by atoms with Gasteiger partial charge in [0, 0.05) is 17.5 Å². The van der Waals surface area contributed by atoms with Crippen molar-refractivity contribution in [2.24, 2.45) is 5.41 Å². The number of aliphatic hydroxyl groups is 1. The van der Waals surface area contributed by atoms with Gasteiger partial charge in [-0.3, -0.25) is 4.79 Å². The van der Waals surface area contributed by atoms with E-state index in [1.165, 1.54) is 17.0 Å². The predicted octanol–water partition coefficient (Wildman–Crippen LogP) is 2.38. The number of carbonyl (C=O) groups excluding carboxylic acids is 1. The molecular weight excluding hydrogens is 301 g/mol. The van der Waals surface area contributed by atoms with Gasteiger partial charge in [-0.25, -0.2) is 9.18 Å². The van der Waals surface area contributed by atoms with Crippen LogP contribution in [0.3, 0.4) is 0 Å². The quantitative estimate of drug-likeness (QED) is 0.876. The minimum absolute atomic E-state index is 0.0386. The van der Waals surface area contributed by atoms with Crippen molar-refractivity contribution in [2.45, 2.75) is 39.2 Å². The SMILES string of the molecule is CC(C)(C)C(=O)N1CCC[C@@](O)(c2cccc(C(=O)O)c2F)C1. The summed E-state index contributed by atoms with van der Waals surface area (Å²) in [6, 6.07) is 3.95. The normalized spacial score (nSPS) is 22.0. The van der Waals surface area contributed by atoms with E-state index in [1.807, 2.05) is 0 Å². The van der Waals surface area contributed by atoms with Gasteiger partial charge >= 0.3 is 5.97 Å². The summed E-state index contributed by atoms with van der Waals surface area (Å²) in [7, 11) is 0. The molecule has 0 spiro atoms. The molecule has 6 heteroatoms. The number of carbonyl (C=O) groups is 2. The van der Waals surface area contributed by atoms with Crippen molar-refractivity contribution in [3.63, 3.8) is 0 Å². The van der Waals surface area contributed by atoms with E-state index in [0.717, 1.165) is 6.07 Å². The third-order valence-electron chi connectivity index (χ3n) is 4.13. The van der Waals surface area contributed by atoms with E-state index in [1.54, 1.807) is 20.8 Å². The Morgan fingerprint density at radius 3 is 2.52 bits per heavy atom. The van der Waals surface area contributed by atoms with E-state index in [-0.39, 0.29) is 24.4 Å². The average molecular weight is 323 g/mol. The van der Waals surface area contributed by atoms with Crippen LogP contribution in [0.1, 0.15) is 49.5 Å². The first-order chi connectivity index (χ1) is 10.6. The summed E-state index contributed by atoms with van der Waals surface area (Å²) in [6.07, 6.45) is 0.802. The van der Waals surface area contributed by atoms with Crippen molar-refractivity contribution in [3.05, 3.63) is 35.1 Å². The number of benzene rings is 1. The van der Waals surface area contributed by atoms with Crippen LogP contribution in [0.4, 0.5) is 4.39 Å². The number of aromatic carboxylic acids is 1. The molecule has 1 heterocycles. The molecule has 0 unspecified atom stereocenters. The van der Waals surface area contributed by atoms with Crippen LogP contribution in [0.15, 0.2) is 18.2 Å². The predicted molar refractivity (Wildman–Crippen MR) is 82.5 cm³/mol. The molecule has 0 aliphatic carbocycles. The highest BCUT2D eigenvalue weighted by molar-refractivity contribution is 5.88. The van der Waals surface area contributed by atoms with Crippen LogP contribution in [0, 0.1) is 11.2 Å². The molecule has 0 radical (unpaired) electrons. The molecule has 2 rings (SSSR count). The smallest absolute Gasteiger partial charge is 0.338 e. The molecule has 5 nitrogen and oxygen atoms in total. The zero-order valence-corrected chi connectivity index (χ0v) is 13.6. The first-order valence-electron chi connectivity index (χ1n) is 7.60. The topological polar surface area (TPSA) is 77.8 Å². The number of β-amino-alcohol motifs (C(OH)–C–C–N with tert-alkyl or cyclic N) is 1. The third kappa shape index (κ3) is 3.37. The number of nitrogens with zero attached hydrogens (tertiary/aromatic N) is 1. The van der Waals surface area contributed by atoms with Gasteiger partial charge in [-0.15, -0.1) is 0 Å². The maximum Gasteiger partial charge on any atom is 0.338 e. The monoisotopic (exact) mass is 323 g/mol. The van der Waals surface area contributed by atoms with Gasteiger partial charge in [0.25, 0.3) is 0 Å². The molecule has 2 N–H and O–H groups in total. The van der Waals surface area contributed by atoms with Gasteiger partial charge in [0.2, 0.25) is 5.91 Å². The van der Waals surface area contributed by atoms with Crippen LogP contribution in [0.2, 0.25) is 0 Å². The van der Waals surface area contributed by atoms with E-state index >= 15 is 0 Å². The summed E-state index contributed by atoms with van der Waals surface area (Å²) in [5.41, 5.74) is -2.71.